The van der Waals surface area contributed by atoms with Crippen molar-refractivity contribution in [2.45, 2.75) is 27.7 Å². The van der Waals surface area contributed by atoms with E-state index in [1.165, 1.54) is 6.07 Å². The molecule has 0 radical (unpaired) electrons. The molecule has 1 atom stereocenters. The molecule has 0 spiro atoms. The second-order valence-corrected chi connectivity index (χ2v) is 5.68. The van der Waals surface area contributed by atoms with Crippen LogP contribution in [0.4, 0.5) is 17.1 Å². The van der Waals surface area contributed by atoms with Crippen LogP contribution in [-0.4, -0.2) is 11.5 Å². The number of benzene rings is 1. The first-order chi connectivity index (χ1) is 8.21. The maximum absolute atomic E-state index is 10.6. The molecular weight excluding hydrogens is 230 g/mol. The summed E-state index contributed by atoms with van der Waals surface area (Å²) in [4.78, 5) is 10.2. The highest BCUT2D eigenvalue weighted by molar-refractivity contribution is 5.65. The Hall–Kier alpha value is -1.78. The third kappa shape index (κ3) is 3.61. The average Bonchev–Trinajstić information content (AvgIpc) is 2.24. The van der Waals surface area contributed by atoms with Crippen molar-refractivity contribution < 1.29 is 4.92 Å². The summed E-state index contributed by atoms with van der Waals surface area (Å²) in [6, 6.07) is 4.72. The van der Waals surface area contributed by atoms with Crippen LogP contribution in [0.3, 0.4) is 0 Å². The minimum absolute atomic E-state index is 0.0515. The quantitative estimate of drug-likeness (QED) is 0.489. The van der Waals surface area contributed by atoms with Crippen molar-refractivity contribution in [3.63, 3.8) is 0 Å². The van der Waals surface area contributed by atoms with E-state index in [-0.39, 0.29) is 16.8 Å². The van der Waals surface area contributed by atoms with Crippen molar-refractivity contribution in [3.8, 4) is 0 Å². The molecule has 0 bridgehead atoms. The van der Waals surface area contributed by atoms with Gasteiger partial charge in [0.1, 0.15) is 5.69 Å². The minimum atomic E-state index is -0.475. The maximum atomic E-state index is 10.6. The van der Waals surface area contributed by atoms with E-state index in [1.54, 1.807) is 12.1 Å². The number of nitrogens with two attached hydrogens (primary N) is 1. The second kappa shape index (κ2) is 5.25. The van der Waals surface area contributed by atoms with Crippen LogP contribution in [0.25, 0.3) is 0 Å². The molecule has 5 nitrogen and oxygen atoms in total. The van der Waals surface area contributed by atoms with Gasteiger partial charge in [-0.2, -0.15) is 0 Å². The SMILES string of the molecule is CC(CNc1ccc([N+](=O)[O-])c(N)c1)C(C)(C)C. The first-order valence-electron chi connectivity index (χ1n) is 5.99. The Morgan fingerprint density at radius 3 is 2.50 bits per heavy atom. The maximum Gasteiger partial charge on any atom is 0.292 e. The van der Waals surface area contributed by atoms with Crippen LogP contribution in [0, 0.1) is 21.4 Å². The van der Waals surface area contributed by atoms with E-state index in [9.17, 15) is 10.1 Å². The van der Waals surface area contributed by atoms with Crippen LogP contribution in [0.5, 0.6) is 0 Å². The van der Waals surface area contributed by atoms with Gasteiger partial charge in [0.05, 0.1) is 4.92 Å². The van der Waals surface area contributed by atoms with E-state index in [0.717, 1.165) is 12.2 Å². The summed E-state index contributed by atoms with van der Waals surface area (Å²) in [5.74, 6) is 0.480. The number of hydrogen-bond acceptors (Lipinski definition) is 4. The van der Waals surface area contributed by atoms with Crippen molar-refractivity contribution in [2.24, 2.45) is 11.3 Å². The first kappa shape index (κ1) is 14.3. The molecule has 0 heterocycles. The highest BCUT2D eigenvalue weighted by atomic mass is 16.6. The van der Waals surface area contributed by atoms with Gasteiger partial charge in [-0.15, -0.1) is 0 Å². The lowest BCUT2D eigenvalue weighted by molar-refractivity contribution is -0.383. The van der Waals surface area contributed by atoms with E-state index in [2.05, 4.69) is 33.0 Å². The van der Waals surface area contributed by atoms with Crippen LogP contribution in [0.2, 0.25) is 0 Å². The van der Waals surface area contributed by atoms with Gasteiger partial charge in [-0.1, -0.05) is 27.7 Å². The number of nitro groups is 1. The third-order valence-corrected chi connectivity index (χ3v) is 3.31. The lowest BCUT2D eigenvalue weighted by Gasteiger charge is -2.27. The monoisotopic (exact) mass is 251 g/mol. The molecule has 0 fully saturated rings. The van der Waals surface area contributed by atoms with Gasteiger partial charge in [0, 0.05) is 18.3 Å². The highest BCUT2D eigenvalue weighted by Gasteiger charge is 2.19. The summed E-state index contributed by atoms with van der Waals surface area (Å²) < 4.78 is 0. The number of nitro benzene ring substituents is 1. The van der Waals surface area contributed by atoms with Crippen molar-refractivity contribution >= 4 is 17.1 Å². The van der Waals surface area contributed by atoms with Crippen molar-refractivity contribution in [3.05, 3.63) is 28.3 Å². The molecule has 5 heteroatoms. The number of anilines is 2. The molecule has 0 saturated carbocycles. The summed E-state index contributed by atoms with van der Waals surface area (Å²) in [5.41, 5.74) is 6.81. The normalized spacial score (nSPS) is 13.1. The summed E-state index contributed by atoms with van der Waals surface area (Å²) in [6.45, 7) is 9.53. The summed E-state index contributed by atoms with van der Waals surface area (Å²) in [5, 5.41) is 13.9. The van der Waals surface area contributed by atoms with Crippen molar-refractivity contribution in [1.29, 1.82) is 0 Å². The number of nitrogen functional groups attached to an aromatic ring is 1. The summed E-state index contributed by atoms with van der Waals surface area (Å²) in [7, 11) is 0. The molecule has 1 unspecified atom stereocenters. The predicted octanol–water partition coefficient (Wildman–Crippen LogP) is 3.27. The molecule has 0 aliphatic rings. The molecule has 0 aliphatic heterocycles. The number of rotatable bonds is 4. The molecule has 0 aromatic heterocycles. The van der Waals surface area contributed by atoms with Crippen LogP contribution in [0.15, 0.2) is 18.2 Å². The molecule has 1 aromatic carbocycles. The molecule has 3 N–H and O–H groups in total. The third-order valence-electron chi connectivity index (χ3n) is 3.31. The Morgan fingerprint density at radius 1 is 1.44 bits per heavy atom. The Bertz CT molecular complexity index is 438. The van der Waals surface area contributed by atoms with Gasteiger partial charge < -0.3 is 11.1 Å². The smallest absolute Gasteiger partial charge is 0.292 e. The molecule has 0 amide bonds. The predicted molar refractivity (Wildman–Crippen MR) is 74.6 cm³/mol. The molecule has 0 saturated heterocycles. The van der Waals surface area contributed by atoms with Gasteiger partial charge in [-0.3, -0.25) is 10.1 Å². The van der Waals surface area contributed by atoms with E-state index < -0.39 is 4.92 Å². The fourth-order valence-electron chi connectivity index (χ4n) is 1.41. The number of hydrogen-bond donors (Lipinski definition) is 2. The van der Waals surface area contributed by atoms with E-state index in [4.69, 9.17) is 5.73 Å². The van der Waals surface area contributed by atoms with Gasteiger partial charge in [0.15, 0.2) is 0 Å². The standard InChI is InChI=1S/C13H21N3O2/c1-9(13(2,3)4)8-15-10-5-6-12(16(17)18)11(14)7-10/h5-7,9,15H,8,14H2,1-4H3. The number of nitrogens with zero attached hydrogens (tertiary/aromatic N) is 1. The van der Waals surface area contributed by atoms with Crippen molar-refractivity contribution in [1.82, 2.24) is 0 Å². The fraction of sp³-hybridized carbons (Fsp3) is 0.538. The lowest BCUT2D eigenvalue weighted by Crippen LogP contribution is -2.24. The van der Waals surface area contributed by atoms with Crippen molar-refractivity contribution in [2.75, 3.05) is 17.6 Å². The van der Waals surface area contributed by atoms with Gasteiger partial charge in [-0.05, 0) is 23.5 Å². The van der Waals surface area contributed by atoms with Gasteiger partial charge in [0.25, 0.3) is 5.69 Å². The fourth-order valence-corrected chi connectivity index (χ4v) is 1.41. The summed E-state index contributed by atoms with van der Waals surface area (Å²) in [6.07, 6.45) is 0. The zero-order chi connectivity index (χ0) is 13.9. The second-order valence-electron chi connectivity index (χ2n) is 5.68. The van der Waals surface area contributed by atoms with E-state index in [0.29, 0.717) is 5.92 Å². The van der Waals surface area contributed by atoms with Crippen LogP contribution in [0.1, 0.15) is 27.7 Å². The molecule has 18 heavy (non-hydrogen) atoms. The largest absolute Gasteiger partial charge is 0.393 e. The van der Waals surface area contributed by atoms with Gasteiger partial charge in [-0.25, -0.2) is 0 Å². The number of nitrogens with one attached hydrogen (secondary N) is 1. The topological polar surface area (TPSA) is 81.2 Å². The highest BCUT2D eigenvalue weighted by Crippen LogP contribution is 2.27. The van der Waals surface area contributed by atoms with E-state index in [1.807, 2.05) is 0 Å². The zero-order valence-corrected chi connectivity index (χ0v) is 11.4. The Morgan fingerprint density at radius 2 is 2.06 bits per heavy atom. The minimum Gasteiger partial charge on any atom is -0.393 e. The van der Waals surface area contributed by atoms with Gasteiger partial charge in [0.2, 0.25) is 0 Å². The Labute approximate surface area is 108 Å². The lowest BCUT2D eigenvalue weighted by atomic mass is 9.82. The van der Waals surface area contributed by atoms with E-state index >= 15 is 0 Å². The molecule has 0 aliphatic carbocycles. The van der Waals surface area contributed by atoms with Gasteiger partial charge >= 0.3 is 0 Å². The summed E-state index contributed by atoms with van der Waals surface area (Å²) >= 11 is 0. The first-order valence-corrected chi connectivity index (χ1v) is 5.99. The van der Waals surface area contributed by atoms with Crippen LogP contribution < -0.4 is 11.1 Å². The van der Waals surface area contributed by atoms with Crippen LogP contribution >= 0.6 is 0 Å². The molecule has 1 rings (SSSR count). The molecular formula is C13H21N3O2. The molecule has 100 valence electrons. The Kier molecular flexibility index (Phi) is 4.16. The molecule has 1 aromatic rings. The average molecular weight is 251 g/mol. The Balaban J connectivity index is 2.70. The zero-order valence-electron chi connectivity index (χ0n) is 11.4. The van der Waals surface area contributed by atoms with Crippen LogP contribution in [-0.2, 0) is 0 Å².